The minimum atomic E-state index is -1.19. The van der Waals surface area contributed by atoms with Crippen LogP contribution in [-0.2, 0) is 28.6 Å². The molecule has 2 aliphatic carbocycles. The molecule has 0 radical (unpaired) electrons. The Labute approximate surface area is 197 Å². The van der Waals surface area contributed by atoms with Gasteiger partial charge in [-0.2, -0.15) is 0 Å². The number of aliphatic hydroxyl groups is 1. The van der Waals surface area contributed by atoms with Gasteiger partial charge in [0.05, 0.1) is 24.0 Å². The summed E-state index contributed by atoms with van der Waals surface area (Å²) in [6.07, 6.45) is 4.12. The third-order valence-corrected chi connectivity index (χ3v) is 9.92. The minimum absolute atomic E-state index is 0.0903. The molecule has 0 aromatic carbocycles. The minimum Gasteiger partial charge on any atom is -0.472 e. The number of Topliss-reactive ketones (excluding diaryl/α,β-unsaturated/α-hetero) is 1. The van der Waals surface area contributed by atoms with E-state index in [0.29, 0.717) is 5.56 Å². The van der Waals surface area contributed by atoms with Crippen LogP contribution in [0.3, 0.4) is 0 Å². The number of carbonyl (C=O) groups excluding carboxylic acids is 3. The lowest BCUT2D eigenvalue weighted by molar-refractivity contribution is -0.239. The van der Waals surface area contributed by atoms with E-state index in [9.17, 15) is 19.5 Å². The van der Waals surface area contributed by atoms with Crippen molar-refractivity contribution < 1.29 is 38.1 Å². The Morgan fingerprint density at radius 1 is 1.06 bits per heavy atom. The second-order valence-electron chi connectivity index (χ2n) is 11.9. The summed E-state index contributed by atoms with van der Waals surface area (Å²) in [5, 5.41) is 11.8. The Balaban J connectivity index is 1.56. The zero-order valence-corrected chi connectivity index (χ0v) is 20.0. The summed E-state index contributed by atoms with van der Waals surface area (Å²) < 4.78 is 23.1. The van der Waals surface area contributed by atoms with Crippen molar-refractivity contribution in [1.82, 2.24) is 0 Å². The highest BCUT2D eigenvalue weighted by Crippen LogP contribution is 2.78. The quantitative estimate of drug-likeness (QED) is 0.492. The average Bonchev–Trinajstić information content (AvgIpc) is 3.34. The van der Waals surface area contributed by atoms with E-state index >= 15 is 0 Å². The van der Waals surface area contributed by atoms with E-state index in [1.54, 1.807) is 12.1 Å². The molecule has 34 heavy (non-hydrogen) atoms. The van der Waals surface area contributed by atoms with Gasteiger partial charge in [-0.1, -0.05) is 19.9 Å². The summed E-state index contributed by atoms with van der Waals surface area (Å²) in [7, 11) is 0. The first kappa shape index (κ1) is 22.0. The van der Waals surface area contributed by atoms with Crippen LogP contribution >= 0.6 is 0 Å². The van der Waals surface area contributed by atoms with Gasteiger partial charge in [-0.05, 0) is 38.7 Å². The molecule has 6 rings (SSSR count). The van der Waals surface area contributed by atoms with Gasteiger partial charge in [-0.15, -0.1) is 0 Å². The number of furan rings is 1. The van der Waals surface area contributed by atoms with Crippen LogP contribution in [0.1, 0.15) is 59.1 Å². The van der Waals surface area contributed by atoms with Gasteiger partial charge < -0.3 is 23.7 Å². The summed E-state index contributed by atoms with van der Waals surface area (Å²) in [6.45, 7) is 9.39. The third-order valence-electron chi connectivity index (χ3n) is 9.92. The Kier molecular flexibility index (Phi) is 4.02. The van der Waals surface area contributed by atoms with E-state index in [1.165, 1.54) is 18.6 Å². The lowest BCUT2D eigenvalue weighted by Gasteiger charge is -2.66. The molecule has 2 saturated carbocycles. The number of allylic oxidation sites excluding steroid dienone is 1. The van der Waals surface area contributed by atoms with Crippen LogP contribution in [0.25, 0.3) is 0 Å². The fourth-order valence-corrected chi connectivity index (χ4v) is 8.66. The number of hydrogen-bond acceptors (Lipinski definition) is 8. The number of esters is 2. The van der Waals surface area contributed by atoms with Gasteiger partial charge in [0, 0.05) is 35.3 Å². The first-order chi connectivity index (χ1) is 15.8. The van der Waals surface area contributed by atoms with Crippen LogP contribution in [0.4, 0.5) is 0 Å². The van der Waals surface area contributed by atoms with Gasteiger partial charge in [0.25, 0.3) is 0 Å². The molecule has 1 aromatic rings. The molecule has 9 atom stereocenters. The van der Waals surface area contributed by atoms with Crippen LogP contribution in [0, 0.1) is 28.1 Å². The predicted octanol–water partition coefficient (Wildman–Crippen LogP) is 2.90. The molecule has 5 aliphatic rings. The Morgan fingerprint density at radius 3 is 2.47 bits per heavy atom. The highest BCUT2D eigenvalue weighted by atomic mass is 16.7. The molecule has 1 aromatic heterocycles. The van der Waals surface area contributed by atoms with Gasteiger partial charge in [0.1, 0.15) is 23.1 Å². The van der Waals surface area contributed by atoms with Crippen molar-refractivity contribution in [2.75, 3.05) is 0 Å². The molecule has 0 amide bonds. The van der Waals surface area contributed by atoms with Gasteiger partial charge >= 0.3 is 11.9 Å². The monoisotopic (exact) mass is 470 g/mol. The fourth-order valence-electron chi connectivity index (χ4n) is 8.66. The zero-order valence-electron chi connectivity index (χ0n) is 20.0. The van der Waals surface area contributed by atoms with Crippen molar-refractivity contribution in [3.05, 3.63) is 36.3 Å². The van der Waals surface area contributed by atoms with Gasteiger partial charge in [-0.25, -0.2) is 9.59 Å². The van der Waals surface area contributed by atoms with E-state index in [1.807, 2.05) is 34.6 Å². The lowest BCUT2D eigenvalue weighted by atomic mass is 9.37. The van der Waals surface area contributed by atoms with Crippen molar-refractivity contribution in [2.24, 2.45) is 28.1 Å². The van der Waals surface area contributed by atoms with Crippen molar-refractivity contribution >= 4 is 17.7 Å². The summed E-state index contributed by atoms with van der Waals surface area (Å²) >= 11 is 0. The molecular weight excluding hydrogens is 440 g/mol. The summed E-state index contributed by atoms with van der Waals surface area (Å²) in [5.41, 5.74) is -4.20. The van der Waals surface area contributed by atoms with Crippen LogP contribution in [-0.4, -0.2) is 46.2 Å². The van der Waals surface area contributed by atoms with Gasteiger partial charge in [0.2, 0.25) is 0 Å². The predicted molar refractivity (Wildman–Crippen MR) is 116 cm³/mol. The maximum atomic E-state index is 14.2. The molecule has 5 unspecified atom stereocenters. The fraction of sp³-hybridized carbons (Fsp3) is 0.654. The van der Waals surface area contributed by atoms with E-state index in [2.05, 4.69) is 0 Å². The molecule has 8 nitrogen and oxygen atoms in total. The van der Waals surface area contributed by atoms with E-state index in [0.717, 1.165) is 0 Å². The standard InChI is InChI=1S/C26H30O8/c1-22(2)15-10-16(28)25(5)18(23(15,3)8-6-17(29)33-22)14(27)11-24(4)19(13-7-9-31-12-13)32-21(30)20-26(24,25)34-20/h6-9,12,14-15,18-20,27H,10-11H2,1-5H3/t14?,15?,18?,19?,20-,23+,24?,25-,26-/m1/s1. The third kappa shape index (κ3) is 2.25. The Hall–Kier alpha value is -2.45. The first-order valence-corrected chi connectivity index (χ1v) is 11.9. The molecule has 4 fully saturated rings. The van der Waals surface area contributed by atoms with E-state index in [4.69, 9.17) is 18.6 Å². The van der Waals surface area contributed by atoms with E-state index < -0.39 is 63.6 Å². The number of hydrogen-bond donors (Lipinski definition) is 1. The summed E-state index contributed by atoms with van der Waals surface area (Å²) in [5.74, 6) is -2.00. The number of aliphatic hydroxyl groups excluding tert-OH is 1. The molecule has 2 saturated heterocycles. The molecule has 1 spiro atoms. The molecule has 3 aliphatic heterocycles. The first-order valence-electron chi connectivity index (χ1n) is 11.9. The number of ketones is 1. The number of fused-ring (bicyclic) bond motifs is 3. The number of rotatable bonds is 1. The van der Waals surface area contributed by atoms with Crippen LogP contribution < -0.4 is 0 Å². The summed E-state index contributed by atoms with van der Waals surface area (Å²) in [4.78, 5) is 39.7. The van der Waals surface area contributed by atoms with Crippen molar-refractivity contribution in [3.8, 4) is 0 Å². The topological polar surface area (TPSA) is 116 Å². The highest BCUT2D eigenvalue weighted by Gasteiger charge is 2.89. The smallest absolute Gasteiger partial charge is 0.339 e. The summed E-state index contributed by atoms with van der Waals surface area (Å²) in [6, 6.07) is 1.74. The maximum absolute atomic E-state index is 14.2. The van der Waals surface area contributed by atoms with Crippen LogP contribution in [0.2, 0.25) is 0 Å². The number of cyclic esters (lactones) is 2. The lowest BCUT2D eigenvalue weighted by Crippen LogP contribution is -2.74. The zero-order chi connectivity index (χ0) is 24.5. The Morgan fingerprint density at radius 2 is 1.79 bits per heavy atom. The van der Waals surface area contributed by atoms with Crippen LogP contribution in [0.5, 0.6) is 0 Å². The van der Waals surface area contributed by atoms with E-state index in [-0.39, 0.29) is 24.5 Å². The molecule has 1 N–H and O–H groups in total. The average molecular weight is 471 g/mol. The second-order valence-corrected chi connectivity index (χ2v) is 11.9. The van der Waals surface area contributed by atoms with Crippen molar-refractivity contribution in [3.63, 3.8) is 0 Å². The van der Waals surface area contributed by atoms with Gasteiger partial charge in [-0.3, -0.25) is 4.79 Å². The molecule has 8 heteroatoms. The maximum Gasteiger partial charge on any atom is 0.339 e. The number of ether oxygens (including phenoxy) is 3. The van der Waals surface area contributed by atoms with Crippen molar-refractivity contribution in [1.29, 1.82) is 0 Å². The second kappa shape index (κ2) is 6.21. The van der Waals surface area contributed by atoms with Gasteiger partial charge in [0.15, 0.2) is 6.10 Å². The van der Waals surface area contributed by atoms with Crippen LogP contribution in [0.15, 0.2) is 35.2 Å². The highest BCUT2D eigenvalue weighted by molar-refractivity contribution is 5.93. The number of epoxide rings is 1. The molecule has 0 bridgehead atoms. The van der Waals surface area contributed by atoms with Crippen molar-refractivity contribution in [2.45, 2.75) is 77.0 Å². The largest absolute Gasteiger partial charge is 0.472 e. The Bertz CT molecular complexity index is 1140. The SMILES string of the molecule is CC1(C)OC(=O)C=C[C@@]2(C)C1CC(=O)[C@]1(C)C2C(O)CC2(C)C(c3ccoc3)OC(=O)[C@H]3O[C@]321. The number of carbonyl (C=O) groups is 3. The molecular formula is C26H30O8. The normalized spacial score (nSPS) is 50.6. The molecule has 4 heterocycles. The molecule has 182 valence electrons.